The van der Waals surface area contributed by atoms with E-state index >= 15 is 0 Å². The quantitative estimate of drug-likeness (QED) is 0.670. The number of likely N-dealkylation sites (tertiary alicyclic amines) is 1. The number of hydrogen-bond donors (Lipinski definition) is 1. The largest absolute Gasteiger partial charge is 0.328 e. The van der Waals surface area contributed by atoms with E-state index in [1.54, 1.807) is 0 Å². The molecule has 0 aromatic rings. The molecule has 2 saturated carbocycles. The van der Waals surface area contributed by atoms with Gasteiger partial charge in [-0.25, -0.2) is 0 Å². The standard InChI is InChI=1S/C11H16N2O2/c1-11(5-12,6-2-3-6)13-9(14)7-4-8(7)10(13)15/h6-8H,2-5,12H2,1H3. The highest BCUT2D eigenvalue weighted by atomic mass is 16.2. The molecule has 1 heterocycles. The number of imide groups is 1. The Bertz CT molecular complexity index is 330. The molecular weight excluding hydrogens is 192 g/mol. The van der Waals surface area contributed by atoms with Crippen molar-refractivity contribution >= 4 is 11.8 Å². The highest BCUT2D eigenvalue weighted by Crippen LogP contribution is 2.53. The maximum absolute atomic E-state index is 11.9. The van der Waals surface area contributed by atoms with Crippen LogP contribution >= 0.6 is 0 Å². The van der Waals surface area contributed by atoms with Gasteiger partial charge in [-0.15, -0.1) is 0 Å². The van der Waals surface area contributed by atoms with E-state index in [0.717, 1.165) is 19.3 Å². The molecule has 82 valence electrons. The van der Waals surface area contributed by atoms with Crippen molar-refractivity contribution in [1.29, 1.82) is 0 Å². The summed E-state index contributed by atoms with van der Waals surface area (Å²) < 4.78 is 0. The molecule has 2 amide bonds. The van der Waals surface area contributed by atoms with Crippen molar-refractivity contribution in [3.8, 4) is 0 Å². The molecule has 1 saturated heterocycles. The third-order valence-corrected chi connectivity index (χ3v) is 4.25. The number of hydrogen-bond acceptors (Lipinski definition) is 3. The van der Waals surface area contributed by atoms with Crippen LogP contribution in [0, 0.1) is 17.8 Å². The number of carbonyl (C=O) groups is 2. The summed E-state index contributed by atoms with van der Waals surface area (Å²) in [6.07, 6.45) is 2.97. The van der Waals surface area contributed by atoms with Gasteiger partial charge in [0.25, 0.3) is 0 Å². The maximum Gasteiger partial charge on any atom is 0.233 e. The Kier molecular flexibility index (Phi) is 1.63. The van der Waals surface area contributed by atoms with Crippen LogP contribution < -0.4 is 5.73 Å². The summed E-state index contributed by atoms with van der Waals surface area (Å²) in [7, 11) is 0. The summed E-state index contributed by atoms with van der Waals surface area (Å²) in [6, 6.07) is 0. The fourth-order valence-electron chi connectivity index (χ4n) is 2.83. The predicted octanol–water partition coefficient (Wildman–Crippen LogP) is 0.119. The molecule has 3 rings (SSSR count). The van der Waals surface area contributed by atoms with Gasteiger partial charge in [0, 0.05) is 6.54 Å². The first-order valence-corrected chi connectivity index (χ1v) is 5.67. The van der Waals surface area contributed by atoms with Crippen molar-refractivity contribution in [1.82, 2.24) is 4.90 Å². The minimum absolute atomic E-state index is 0.00197. The van der Waals surface area contributed by atoms with Crippen molar-refractivity contribution < 1.29 is 9.59 Å². The molecule has 3 atom stereocenters. The van der Waals surface area contributed by atoms with Crippen LogP contribution in [0.25, 0.3) is 0 Å². The molecule has 0 spiro atoms. The van der Waals surface area contributed by atoms with Crippen LogP contribution in [0.5, 0.6) is 0 Å². The number of nitrogens with two attached hydrogens (primary N) is 1. The lowest BCUT2D eigenvalue weighted by molar-refractivity contribution is -0.148. The van der Waals surface area contributed by atoms with Gasteiger partial charge >= 0.3 is 0 Å². The van der Waals surface area contributed by atoms with Crippen LogP contribution in [0.15, 0.2) is 0 Å². The molecule has 0 aromatic heterocycles. The number of piperidine rings is 1. The topological polar surface area (TPSA) is 63.4 Å². The van der Waals surface area contributed by atoms with Crippen molar-refractivity contribution in [2.75, 3.05) is 6.54 Å². The fourth-order valence-corrected chi connectivity index (χ4v) is 2.83. The zero-order valence-electron chi connectivity index (χ0n) is 8.90. The second-order valence-electron chi connectivity index (χ2n) is 5.30. The molecule has 4 heteroatoms. The summed E-state index contributed by atoms with van der Waals surface area (Å²) in [5, 5.41) is 0. The highest BCUT2D eigenvalue weighted by molar-refractivity contribution is 6.09. The van der Waals surface area contributed by atoms with Gasteiger partial charge in [0.15, 0.2) is 0 Å². The van der Waals surface area contributed by atoms with E-state index in [-0.39, 0.29) is 23.7 Å². The first kappa shape index (κ1) is 9.33. The van der Waals surface area contributed by atoms with Gasteiger partial charge in [0.05, 0.1) is 17.4 Å². The van der Waals surface area contributed by atoms with E-state index in [9.17, 15) is 9.59 Å². The molecule has 0 radical (unpaired) electrons. The Hall–Kier alpha value is -0.900. The van der Waals surface area contributed by atoms with Gasteiger partial charge < -0.3 is 5.73 Å². The minimum Gasteiger partial charge on any atom is -0.328 e. The van der Waals surface area contributed by atoms with Crippen LogP contribution in [0.4, 0.5) is 0 Å². The van der Waals surface area contributed by atoms with Crippen LogP contribution in [0.2, 0.25) is 0 Å². The molecule has 3 aliphatic rings. The van der Waals surface area contributed by atoms with Crippen molar-refractivity contribution in [3.63, 3.8) is 0 Å². The van der Waals surface area contributed by atoms with E-state index in [1.807, 2.05) is 6.92 Å². The molecule has 1 aliphatic heterocycles. The third-order valence-electron chi connectivity index (χ3n) is 4.25. The number of amides is 2. The zero-order chi connectivity index (χ0) is 10.8. The molecule has 3 unspecified atom stereocenters. The maximum atomic E-state index is 11.9. The fraction of sp³-hybridized carbons (Fsp3) is 0.818. The lowest BCUT2D eigenvalue weighted by atomic mass is 9.93. The molecular formula is C11H16N2O2. The molecule has 2 N–H and O–H groups in total. The summed E-state index contributed by atoms with van der Waals surface area (Å²) in [5.41, 5.74) is 5.37. The first-order valence-electron chi connectivity index (χ1n) is 5.67. The second kappa shape index (κ2) is 2.61. The van der Waals surface area contributed by atoms with E-state index in [2.05, 4.69) is 0 Å². The van der Waals surface area contributed by atoms with Gasteiger partial charge in [0.2, 0.25) is 11.8 Å². The number of rotatable bonds is 3. The molecule has 3 fully saturated rings. The lowest BCUT2D eigenvalue weighted by Crippen LogP contribution is -2.57. The van der Waals surface area contributed by atoms with Crippen molar-refractivity contribution in [2.45, 2.75) is 31.7 Å². The van der Waals surface area contributed by atoms with E-state index < -0.39 is 5.54 Å². The average Bonchev–Trinajstić information content (AvgIpc) is 3.06. The highest BCUT2D eigenvalue weighted by Gasteiger charge is 2.64. The molecule has 0 aromatic carbocycles. The average molecular weight is 208 g/mol. The second-order valence-corrected chi connectivity index (χ2v) is 5.30. The van der Waals surface area contributed by atoms with E-state index in [1.165, 1.54) is 4.90 Å². The summed E-state index contributed by atoms with van der Waals surface area (Å²) in [6.45, 7) is 2.36. The normalized spacial score (nSPS) is 37.9. The third kappa shape index (κ3) is 1.06. The monoisotopic (exact) mass is 208 g/mol. The predicted molar refractivity (Wildman–Crippen MR) is 53.6 cm³/mol. The molecule has 15 heavy (non-hydrogen) atoms. The van der Waals surface area contributed by atoms with Crippen LogP contribution in [0.1, 0.15) is 26.2 Å². The van der Waals surface area contributed by atoms with E-state index in [0.29, 0.717) is 12.5 Å². The molecule has 4 nitrogen and oxygen atoms in total. The van der Waals surface area contributed by atoms with Gasteiger partial charge in [-0.1, -0.05) is 0 Å². The Morgan fingerprint density at radius 3 is 2.27 bits per heavy atom. The SMILES string of the molecule is CC(CN)(C1CC1)N1C(=O)C2CC2C1=O. The Labute approximate surface area is 88.8 Å². The van der Waals surface area contributed by atoms with Gasteiger partial charge in [-0.3, -0.25) is 14.5 Å². The Morgan fingerprint density at radius 1 is 1.33 bits per heavy atom. The van der Waals surface area contributed by atoms with Crippen LogP contribution in [0.3, 0.4) is 0 Å². The van der Waals surface area contributed by atoms with Crippen LogP contribution in [-0.4, -0.2) is 28.8 Å². The summed E-state index contributed by atoms with van der Waals surface area (Å²) >= 11 is 0. The summed E-state index contributed by atoms with van der Waals surface area (Å²) in [4.78, 5) is 25.4. The summed E-state index contributed by atoms with van der Waals surface area (Å²) in [5.74, 6) is 0.506. The number of nitrogens with zero attached hydrogens (tertiary/aromatic N) is 1. The Morgan fingerprint density at radius 2 is 1.87 bits per heavy atom. The van der Waals surface area contributed by atoms with Crippen LogP contribution in [-0.2, 0) is 9.59 Å². The zero-order valence-corrected chi connectivity index (χ0v) is 8.90. The van der Waals surface area contributed by atoms with Crippen molar-refractivity contribution in [3.05, 3.63) is 0 Å². The number of fused-ring (bicyclic) bond motifs is 1. The molecule has 2 aliphatic carbocycles. The smallest absolute Gasteiger partial charge is 0.233 e. The van der Waals surface area contributed by atoms with Gasteiger partial charge in [-0.2, -0.15) is 0 Å². The lowest BCUT2D eigenvalue weighted by Gasteiger charge is -2.37. The van der Waals surface area contributed by atoms with E-state index in [4.69, 9.17) is 5.73 Å². The Balaban J connectivity index is 1.92. The first-order chi connectivity index (χ1) is 7.09. The van der Waals surface area contributed by atoms with Gasteiger partial charge in [-0.05, 0) is 32.1 Å². The minimum atomic E-state index is -0.401. The molecule has 0 bridgehead atoms. The number of carbonyl (C=O) groups excluding carboxylic acids is 2. The van der Waals surface area contributed by atoms with Crippen molar-refractivity contribution in [2.24, 2.45) is 23.5 Å². The van der Waals surface area contributed by atoms with Gasteiger partial charge in [0.1, 0.15) is 0 Å².